The summed E-state index contributed by atoms with van der Waals surface area (Å²) in [4.78, 5) is 30.8. The molecule has 2 aromatic carbocycles. The number of nitrogens with one attached hydrogen (secondary N) is 1. The maximum absolute atomic E-state index is 13.9. The fourth-order valence-corrected chi connectivity index (χ4v) is 4.99. The Morgan fingerprint density at radius 3 is 2.58 bits per heavy atom. The van der Waals surface area contributed by atoms with E-state index in [4.69, 9.17) is 24.0 Å². The Hall–Kier alpha value is -3.83. The van der Waals surface area contributed by atoms with E-state index < -0.39 is 0 Å². The number of amides is 3. The molecule has 0 aromatic heterocycles. The lowest BCUT2D eigenvalue weighted by Crippen LogP contribution is -2.50. The van der Waals surface area contributed by atoms with Crippen molar-refractivity contribution in [2.24, 2.45) is 5.10 Å². The Balaban J connectivity index is 1.38. The van der Waals surface area contributed by atoms with E-state index in [0.29, 0.717) is 44.2 Å². The molecule has 11 nitrogen and oxygen atoms in total. The zero-order valence-corrected chi connectivity index (χ0v) is 23.3. The summed E-state index contributed by atoms with van der Waals surface area (Å²) in [5.74, 6) is 1.81. The first-order valence-corrected chi connectivity index (χ1v) is 13.7. The largest absolute Gasteiger partial charge is 0.497 e. The molecule has 1 unspecified atom stereocenters. The average Bonchev–Trinajstić information content (AvgIpc) is 3.62. The number of fused-ring (bicyclic) bond motifs is 1. The molecule has 3 aliphatic heterocycles. The smallest absolute Gasteiger partial charge is 0.318 e. The maximum atomic E-state index is 13.9. The van der Waals surface area contributed by atoms with E-state index in [-0.39, 0.29) is 37.4 Å². The number of nitrogens with zero attached hydrogens (tertiary/aromatic N) is 4. The zero-order valence-electron chi connectivity index (χ0n) is 23.3. The lowest BCUT2D eigenvalue weighted by Gasteiger charge is -2.31. The van der Waals surface area contributed by atoms with Crippen molar-refractivity contribution >= 4 is 17.6 Å². The standard InChI is InChI=1S/C29H37N5O6/c1-20(2)30-29(36)33(11-10-32-12-14-38-15-13-32)18-28(35)34-25(22-6-9-26-27(16-22)40-19-39-26)17-24(31-34)21-4-7-23(37-3)8-5-21/h4-9,16,20,25H,10-15,17-19H2,1-3H3,(H,30,36). The van der Waals surface area contributed by atoms with Gasteiger partial charge < -0.3 is 29.2 Å². The van der Waals surface area contributed by atoms with Crippen LogP contribution in [-0.4, -0.2) is 98.3 Å². The summed E-state index contributed by atoms with van der Waals surface area (Å²) < 4.78 is 21.8. The van der Waals surface area contributed by atoms with Crippen LogP contribution in [0, 0.1) is 0 Å². The number of benzene rings is 2. The van der Waals surface area contributed by atoms with Crippen LogP contribution in [0.1, 0.15) is 37.4 Å². The number of hydrazone groups is 1. The van der Waals surface area contributed by atoms with Gasteiger partial charge in [-0.3, -0.25) is 9.69 Å². The molecule has 0 radical (unpaired) electrons. The second-order valence-corrected chi connectivity index (χ2v) is 10.3. The second kappa shape index (κ2) is 12.6. The number of urea groups is 1. The molecule has 0 spiro atoms. The van der Waals surface area contributed by atoms with Crippen LogP contribution in [0.15, 0.2) is 47.6 Å². The van der Waals surface area contributed by atoms with Crippen molar-refractivity contribution in [2.75, 3.05) is 59.8 Å². The minimum Gasteiger partial charge on any atom is -0.497 e. The van der Waals surface area contributed by atoms with E-state index >= 15 is 0 Å². The van der Waals surface area contributed by atoms with Gasteiger partial charge in [0.15, 0.2) is 11.5 Å². The number of hydrogen-bond acceptors (Lipinski definition) is 8. The lowest BCUT2D eigenvalue weighted by atomic mass is 9.98. The fourth-order valence-electron chi connectivity index (χ4n) is 4.99. The molecule has 214 valence electrons. The quantitative estimate of drug-likeness (QED) is 0.511. The minimum atomic E-state index is -0.353. The van der Waals surface area contributed by atoms with Crippen LogP contribution in [0.4, 0.5) is 4.79 Å². The maximum Gasteiger partial charge on any atom is 0.318 e. The number of carbonyl (C=O) groups is 2. The van der Waals surface area contributed by atoms with Crippen LogP contribution >= 0.6 is 0 Å². The highest BCUT2D eigenvalue weighted by Crippen LogP contribution is 2.39. The van der Waals surface area contributed by atoms with Gasteiger partial charge in [-0.05, 0) is 61.4 Å². The molecule has 0 saturated carbocycles. The molecular weight excluding hydrogens is 514 g/mol. The summed E-state index contributed by atoms with van der Waals surface area (Å²) in [6.45, 7) is 7.92. The molecule has 1 saturated heterocycles. The molecule has 1 fully saturated rings. The van der Waals surface area contributed by atoms with Crippen LogP contribution in [0.3, 0.4) is 0 Å². The third kappa shape index (κ3) is 6.48. The third-order valence-corrected chi connectivity index (χ3v) is 7.19. The SMILES string of the molecule is COc1ccc(C2=NN(C(=O)CN(CCN3CCOCC3)C(=O)NC(C)C)C(c3ccc4c(c3)OCO4)C2)cc1. The fraction of sp³-hybridized carbons (Fsp3) is 0.483. The molecule has 5 rings (SSSR count). The van der Waals surface area contributed by atoms with Gasteiger partial charge >= 0.3 is 6.03 Å². The number of hydrogen-bond donors (Lipinski definition) is 1. The Morgan fingerprint density at radius 2 is 1.85 bits per heavy atom. The summed E-state index contributed by atoms with van der Waals surface area (Å²) in [7, 11) is 1.62. The van der Waals surface area contributed by atoms with Crippen molar-refractivity contribution < 1.29 is 28.5 Å². The van der Waals surface area contributed by atoms with Gasteiger partial charge in [0, 0.05) is 38.6 Å². The van der Waals surface area contributed by atoms with Crippen LogP contribution in [-0.2, 0) is 9.53 Å². The molecule has 11 heteroatoms. The average molecular weight is 552 g/mol. The normalized spacial score (nSPS) is 18.6. The highest BCUT2D eigenvalue weighted by Gasteiger charge is 2.35. The molecular formula is C29H37N5O6. The van der Waals surface area contributed by atoms with Crippen LogP contribution < -0.4 is 19.5 Å². The molecule has 3 amide bonds. The lowest BCUT2D eigenvalue weighted by molar-refractivity contribution is -0.133. The zero-order chi connectivity index (χ0) is 28.1. The summed E-state index contributed by atoms with van der Waals surface area (Å²) >= 11 is 0. The van der Waals surface area contributed by atoms with E-state index in [1.54, 1.807) is 12.0 Å². The summed E-state index contributed by atoms with van der Waals surface area (Å²) in [5.41, 5.74) is 2.57. The van der Waals surface area contributed by atoms with E-state index in [9.17, 15) is 9.59 Å². The number of rotatable bonds is 9. The third-order valence-electron chi connectivity index (χ3n) is 7.19. The molecule has 1 N–H and O–H groups in total. The van der Waals surface area contributed by atoms with Gasteiger partial charge in [0.1, 0.15) is 12.3 Å². The molecule has 40 heavy (non-hydrogen) atoms. The predicted molar refractivity (Wildman–Crippen MR) is 149 cm³/mol. The van der Waals surface area contributed by atoms with Crippen LogP contribution in [0.2, 0.25) is 0 Å². The highest BCUT2D eigenvalue weighted by atomic mass is 16.7. The van der Waals surface area contributed by atoms with Gasteiger partial charge in [0.25, 0.3) is 5.91 Å². The van der Waals surface area contributed by atoms with Crippen molar-refractivity contribution in [3.63, 3.8) is 0 Å². The van der Waals surface area contributed by atoms with E-state index in [0.717, 1.165) is 35.7 Å². The van der Waals surface area contributed by atoms with Gasteiger partial charge in [-0.15, -0.1) is 0 Å². The number of morpholine rings is 1. The van der Waals surface area contributed by atoms with Crippen molar-refractivity contribution in [1.82, 2.24) is 20.1 Å². The minimum absolute atomic E-state index is 0.0543. The number of carbonyl (C=O) groups excluding carboxylic acids is 2. The number of ether oxygens (including phenoxy) is 4. The van der Waals surface area contributed by atoms with Crippen molar-refractivity contribution in [3.8, 4) is 17.2 Å². The molecule has 2 aromatic rings. The predicted octanol–water partition coefficient (Wildman–Crippen LogP) is 2.85. The number of methoxy groups -OCH3 is 1. The molecule has 3 aliphatic rings. The van der Waals surface area contributed by atoms with Crippen molar-refractivity contribution in [2.45, 2.75) is 32.4 Å². The Labute approximate surface area is 234 Å². The van der Waals surface area contributed by atoms with Gasteiger partial charge in [-0.25, -0.2) is 9.80 Å². The van der Waals surface area contributed by atoms with E-state index in [1.165, 1.54) is 5.01 Å². The first-order valence-electron chi connectivity index (χ1n) is 13.7. The first-order chi connectivity index (χ1) is 19.4. The summed E-state index contributed by atoms with van der Waals surface area (Å²) in [5, 5.41) is 9.24. The van der Waals surface area contributed by atoms with Crippen LogP contribution in [0.5, 0.6) is 17.2 Å². The Morgan fingerprint density at radius 1 is 1.10 bits per heavy atom. The molecule has 0 bridgehead atoms. The van der Waals surface area contributed by atoms with E-state index in [1.807, 2.05) is 56.3 Å². The van der Waals surface area contributed by atoms with Gasteiger partial charge in [-0.2, -0.15) is 5.10 Å². The van der Waals surface area contributed by atoms with Crippen molar-refractivity contribution in [1.29, 1.82) is 0 Å². The van der Waals surface area contributed by atoms with E-state index in [2.05, 4.69) is 10.2 Å². The first kappa shape index (κ1) is 27.7. The second-order valence-electron chi connectivity index (χ2n) is 10.3. The molecule has 0 aliphatic carbocycles. The monoisotopic (exact) mass is 551 g/mol. The van der Waals surface area contributed by atoms with Gasteiger partial charge in [-0.1, -0.05) is 6.07 Å². The topological polar surface area (TPSA) is 105 Å². The summed E-state index contributed by atoms with van der Waals surface area (Å²) in [6.07, 6.45) is 0.518. The molecule has 1 atom stereocenters. The molecule has 3 heterocycles. The van der Waals surface area contributed by atoms with Crippen molar-refractivity contribution in [3.05, 3.63) is 53.6 Å². The van der Waals surface area contributed by atoms with Crippen LogP contribution in [0.25, 0.3) is 0 Å². The Bertz CT molecular complexity index is 1230. The van der Waals surface area contributed by atoms with Gasteiger partial charge in [0.05, 0.1) is 32.1 Å². The Kier molecular flexibility index (Phi) is 8.71. The highest BCUT2D eigenvalue weighted by molar-refractivity contribution is 6.03. The summed E-state index contributed by atoms with van der Waals surface area (Å²) in [6, 6.07) is 12.7. The van der Waals surface area contributed by atoms with Gasteiger partial charge in [0.2, 0.25) is 6.79 Å².